The fourth-order valence-electron chi connectivity index (χ4n) is 4.36. The predicted octanol–water partition coefficient (Wildman–Crippen LogP) is 5.30. The van der Waals surface area contributed by atoms with E-state index in [0.29, 0.717) is 51.2 Å². The fraction of sp³-hybridized carbons (Fsp3) is 0.250. The van der Waals surface area contributed by atoms with Gasteiger partial charge in [0.1, 0.15) is 17.6 Å². The lowest BCUT2D eigenvalue weighted by molar-refractivity contribution is -0.132. The SMILES string of the molecule is COc1cc2nc(N3C(=O)C(=O)/C(=C(/O)c4cccc(OCC(C)C)c4)C3c3cccs3)[nH]c2cc1OC. The number of aliphatic hydroxyl groups is 1. The average Bonchev–Trinajstić information content (AvgIpc) is 3.64. The molecule has 2 aromatic carbocycles. The molecular weight excluding hydrogens is 506 g/mol. The Morgan fingerprint density at radius 1 is 1.11 bits per heavy atom. The maximum absolute atomic E-state index is 13.4. The topological polar surface area (TPSA) is 114 Å². The second-order valence-electron chi connectivity index (χ2n) is 9.20. The van der Waals surface area contributed by atoms with Gasteiger partial charge >= 0.3 is 5.91 Å². The van der Waals surface area contributed by atoms with E-state index in [2.05, 4.69) is 9.97 Å². The van der Waals surface area contributed by atoms with Crippen molar-refractivity contribution in [3.05, 3.63) is 69.9 Å². The van der Waals surface area contributed by atoms with Gasteiger partial charge in [-0.25, -0.2) is 4.98 Å². The summed E-state index contributed by atoms with van der Waals surface area (Å²) in [6.45, 7) is 4.58. The molecule has 2 aromatic heterocycles. The largest absolute Gasteiger partial charge is 0.507 e. The maximum Gasteiger partial charge on any atom is 0.302 e. The number of benzene rings is 2. The van der Waals surface area contributed by atoms with Crippen LogP contribution in [0.2, 0.25) is 0 Å². The number of carbonyl (C=O) groups is 2. The van der Waals surface area contributed by atoms with Crippen LogP contribution in [0.25, 0.3) is 16.8 Å². The van der Waals surface area contributed by atoms with Crippen LogP contribution in [0.5, 0.6) is 17.2 Å². The molecular formula is C28H27N3O6S. The first kappa shape index (κ1) is 25.3. The minimum absolute atomic E-state index is 0.0194. The lowest BCUT2D eigenvalue weighted by Gasteiger charge is -2.21. The molecule has 1 fully saturated rings. The van der Waals surface area contributed by atoms with E-state index in [9.17, 15) is 14.7 Å². The van der Waals surface area contributed by atoms with Crippen molar-refractivity contribution >= 4 is 45.8 Å². The van der Waals surface area contributed by atoms with Crippen LogP contribution in [-0.4, -0.2) is 47.6 Å². The zero-order valence-corrected chi connectivity index (χ0v) is 22.2. The number of H-pyrrole nitrogens is 1. The molecule has 1 amide bonds. The lowest BCUT2D eigenvalue weighted by Crippen LogP contribution is -2.30. The molecule has 10 heteroatoms. The molecule has 4 aromatic rings. The van der Waals surface area contributed by atoms with Crippen molar-refractivity contribution < 1.29 is 28.9 Å². The van der Waals surface area contributed by atoms with Crippen molar-refractivity contribution in [1.82, 2.24) is 9.97 Å². The van der Waals surface area contributed by atoms with Crippen LogP contribution in [0.3, 0.4) is 0 Å². The molecule has 2 N–H and O–H groups in total. The summed E-state index contributed by atoms with van der Waals surface area (Å²) in [6.07, 6.45) is 0. The van der Waals surface area contributed by atoms with Gasteiger partial charge in [-0.1, -0.05) is 32.0 Å². The summed E-state index contributed by atoms with van der Waals surface area (Å²) in [5.74, 6) is 0.147. The number of nitrogens with zero attached hydrogens (tertiary/aromatic N) is 2. The maximum atomic E-state index is 13.4. The molecule has 9 nitrogen and oxygen atoms in total. The van der Waals surface area contributed by atoms with Crippen LogP contribution in [-0.2, 0) is 9.59 Å². The molecule has 0 bridgehead atoms. The number of hydrogen-bond acceptors (Lipinski definition) is 8. The lowest BCUT2D eigenvalue weighted by atomic mass is 10.00. The Morgan fingerprint density at radius 2 is 1.87 bits per heavy atom. The van der Waals surface area contributed by atoms with Crippen molar-refractivity contribution in [2.75, 3.05) is 25.7 Å². The summed E-state index contributed by atoms with van der Waals surface area (Å²) in [7, 11) is 3.05. The number of aromatic nitrogens is 2. The number of nitrogens with one attached hydrogen (secondary N) is 1. The number of rotatable bonds is 8. The van der Waals surface area contributed by atoms with Gasteiger partial charge in [0, 0.05) is 22.6 Å². The zero-order chi connectivity index (χ0) is 27.0. The molecule has 0 saturated carbocycles. The average molecular weight is 534 g/mol. The third-order valence-electron chi connectivity index (χ3n) is 6.15. The number of aliphatic hydroxyl groups excluding tert-OH is 1. The van der Waals surface area contributed by atoms with Gasteiger partial charge in [-0.2, -0.15) is 0 Å². The molecule has 1 unspecified atom stereocenters. The van der Waals surface area contributed by atoms with Gasteiger partial charge in [0.05, 0.1) is 37.4 Å². The summed E-state index contributed by atoms with van der Waals surface area (Å²) >= 11 is 1.37. The summed E-state index contributed by atoms with van der Waals surface area (Å²) in [4.78, 5) is 36.5. The molecule has 0 radical (unpaired) electrons. The first-order chi connectivity index (χ1) is 18.3. The molecule has 3 heterocycles. The highest BCUT2D eigenvalue weighted by Gasteiger charge is 2.48. The zero-order valence-electron chi connectivity index (χ0n) is 21.3. The van der Waals surface area contributed by atoms with Crippen molar-refractivity contribution in [3.8, 4) is 17.2 Å². The molecule has 0 aliphatic carbocycles. The van der Waals surface area contributed by atoms with E-state index < -0.39 is 17.7 Å². The van der Waals surface area contributed by atoms with Crippen molar-refractivity contribution in [2.45, 2.75) is 19.9 Å². The standard InChI is InChI=1S/C28H27N3O6S/c1-15(2)14-37-17-8-5-7-16(11-17)25(32)23-24(22-9-6-10-38-22)31(27(34)26(23)33)28-29-18-12-20(35-3)21(36-4)13-19(18)30-28/h5-13,15,24,32H,14H2,1-4H3,(H,29,30)/b25-23+. The van der Waals surface area contributed by atoms with Gasteiger partial charge in [-0.3, -0.25) is 14.5 Å². The van der Waals surface area contributed by atoms with Crippen molar-refractivity contribution in [1.29, 1.82) is 0 Å². The number of anilines is 1. The van der Waals surface area contributed by atoms with Crippen LogP contribution in [0, 0.1) is 5.92 Å². The Bertz CT molecular complexity index is 1500. The number of thiophene rings is 1. The number of carbonyl (C=O) groups excluding carboxylic acids is 2. The normalized spacial score (nSPS) is 17.0. The highest BCUT2D eigenvalue weighted by atomic mass is 32.1. The minimum Gasteiger partial charge on any atom is -0.507 e. The Balaban J connectivity index is 1.63. The van der Waals surface area contributed by atoms with Crippen LogP contribution in [0.4, 0.5) is 5.95 Å². The van der Waals surface area contributed by atoms with Crippen molar-refractivity contribution in [2.24, 2.45) is 5.92 Å². The molecule has 0 spiro atoms. The number of fused-ring (bicyclic) bond motifs is 1. The summed E-state index contributed by atoms with van der Waals surface area (Å²) in [5, 5.41) is 13.2. The van der Waals surface area contributed by atoms with E-state index in [1.807, 2.05) is 31.4 Å². The Kier molecular flexibility index (Phi) is 6.81. The minimum atomic E-state index is -0.875. The van der Waals surface area contributed by atoms with E-state index in [4.69, 9.17) is 14.2 Å². The third-order valence-corrected chi connectivity index (χ3v) is 7.08. The van der Waals surface area contributed by atoms with Crippen LogP contribution >= 0.6 is 11.3 Å². The van der Waals surface area contributed by atoms with E-state index in [1.54, 1.807) is 36.4 Å². The molecule has 5 rings (SSSR count). The molecule has 1 aliphatic heterocycles. The number of ether oxygens (including phenoxy) is 3. The fourth-order valence-corrected chi connectivity index (χ4v) is 5.18. The van der Waals surface area contributed by atoms with Crippen LogP contribution < -0.4 is 19.1 Å². The van der Waals surface area contributed by atoms with Gasteiger partial charge in [0.15, 0.2) is 11.5 Å². The van der Waals surface area contributed by atoms with Gasteiger partial charge < -0.3 is 24.3 Å². The predicted molar refractivity (Wildman–Crippen MR) is 145 cm³/mol. The highest BCUT2D eigenvalue weighted by molar-refractivity contribution is 7.10. The summed E-state index contributed by atoms with van der Waals surface area (Å²) in [5.41, 5.74) is 1.48. The molecule has 1 saturated heterocycles. The third kappa shape index (κ3) is 4.47. The Hall–Kier alpha value is -4.31. The second kappa shape index (κ2) is 10.2. The van der Waals surface area contributed by atoms with E-state index in [0.717, 1.165) is 0 Å². The molecule has 196 valence electrons. The van der Waals surface area contributed by atoms with Crippen LogP contribution in [0.15, 0.2) is 59.5 Å². The van der Waals surface area contributed by atoms with E-state index in [-0.39, 0.29) is 17.3 Å². The number of amides is 1. The van der Waals surface area contributed by atoms with Gasteiger partial charge in [0.2, 0.25) is 5.95 Å². The van der Waals surface area contributed by atoms with E-state index in [1.165, 1.54) is 30.5 Å². The number of Topliss-reactive ketones (excluding diaryl/α,β-unsaturated/α-hetero) is 1. The van der Waals surface area contributed by atoms with Crippen molar-refractivity contribution in [3.63, 3.8) is 0 Å². The number of aromatic amines is 1. The van der Waals surface area contributed by atoms with Gasteiger partial charge in [-0.05, 0) is 29.5 Å². The molecule has 38 heavy (non-hydrogen) atoms. The van der Waals surface area contributed by atoms with E-state index >= 15 is 0 Å². The summed E-state index contributed by atoms with van der Waals surface area (Å²) < 4.78 is 16.6. The number of ketones is 1. The monoisotopic (exact) mass is 533 g/mol. The quantitative estimate of drug-likeness (QED) is 0.179. The number of hydrogen-bond donors (Lipinski definition) is 2. The second-order valence-corrected chi connectivity index (χ2v) is 10.2. The van der Waals surface area contributed by atoms with Gasteiger partial charge in [0.25, 0.3) is 5.78 Å². The first-order valence-electron chi connectivity index (χ1n) is 12.0. The number of imidazole rings is 1. The Labute approximate surface area is 223 Å². The molecule has 1 atom stereocenters. The summed E-state index contributed by atoms with van der Waals surface area (Å²) in [6, 6.07) is 13.0. The number of methoxy groups -OCH3 is 2. The smallest absolute Gasteiger partial charge is 0.302 e. The first-order valence-corrected chi connectivity index (χ1v) is 12.9. The highest BCUT2D eigenvalue weighted by Crippen LogP contribution is 2.44. The van der Waals surface area contributed by atoms with Crippen LogP contribution in [0.1, 0.15) is 30.3 Å². The Morgan fingerprint density at radius 3 is 2.55 bits per heavy atom. The molecule has 1 aliphatic rings. The van der Waals surface area contributed by atoms with Gasteiger partial charge in [-0.15, -0.1) is 11.3 Å².